The van der Waals surface area contributed by atoms with Crippen LogP contribution in [0.5, 0.6) is 0 Å². The van der Waals surface area contributed by atoms with E-state index >= 15 is 0 Å². The molecular formula is C20H22ClN3O5S. The molecule has 0 unspecified atom stereocenters. The Bertz CT molecular complexity index is 1020. The molecule has 1 aliphatic heterocycles. The van der Waals surface area contributed by atoms with Crippen LogP contribution in [0.3, 0.4) is 0 Å². The van der Waals surface area contributed by atoms with Gasteiger partial charge in [0.25, 0.3) is 5.91 Å². The summed E-state index contributed by atoms with van der Waals surface area (Å²) >= 11 is 6.03. The molecule has 0 saturated carbocycles. The van der Waals surface area contributed by atoms with Gasteiger partial charge < -0.3 is 15.0 Å². The molecule has 1 aliphatic rings. The highest BCUT2D eigenvalue weighted by Crippen LogP contribution is 2.22. The van der Waals surface area contributed by atoms with Crippen molar-refractivity contribution >= 4 is 44.8 Å². The van der Waals surface area contributed by atoms with Crippen molar-refractivity contribution in [3.8, 4) is 0 Å². The molecule has 0 spiro atoms. The largest absolute Gasteiger partial charge is 0.378 e. The quantitative estimate of drug-likeness (QED) is 0.726. The third-order valence-corrected chi connectivity index (χ3v) is 6.01. The molecule has 2 aromatic carbocycles. The molecule has 160 valence electrons. The summed E-state index contributed by atoms with van der Waals surface area (Å²) in [6, 6.07) is 12.8. The van der Waals surface area contributed by atoms with E-state index in [2.05, 4.69) is 5.32 Å². The van der Waals surface area contributed by atoms with Crippen molar-refractivity contribution in [3.05, 3.63) is 59.1 Å². The van der Waals surface area contributed by atoms with Crippen LogP contribution < -0.4 is 9.62 Å². The second kappa shape index (κ2) is 9.46. The van der Waals surface area contributed by atoms with E-state index in [0.29, 0.717) is 42.6 Å². The number of sulfonamides is 1. The van der Waals surface area contributed by atoms with E-state index in [9.17, 15) is 18.0 Å². The van der Waals surface area contributed by atoms with Crippen LogP contribution in [0.15, 0.2) is 48.5 Å². The Kier molecular flexibility index (Phi) is 6.96. The van der Waals surface area contributed by atoms with Crippen LogP contribution in [0.1, 0.15) is 10.4 Å². The summed E-state index contributed by atoms with van der Waals surface area (Å²) in [5, 5.41) is 2.96. The third kappa shape index (κ3) is 5.50. The molecule has 3 rings (SSSR count). The summed E-state index contributed by atoms with van der Waals surface area (Å²) in [6.07, 6.45) is 1.02. The summed E-state index contributed by atoms with van der Waals surface area (Å²) in [5.41, 5.74) is 1.11. The SMILES string of the molecule is CS(=O)(=O)N(CC(=O)Nc1ccccc1Cl)c1ccc(C(=O)N2CCOCC2)cc1. The van der Waals surface area contributed by atoms with Crippen molar-refractivity contribution in [1.82, 2.24) is 4.90 Å². The van der Waals surface area contributed by atoms with Gasteiger partial charge in [-0.2, -0.15) is 0 Å². The van der Waals surface area contributed by atoms with Crippen molar-refractivity contribution < 1.29 is 22.7 Å². The monoisotopic (exact) mass is 451 g/mol. The van der Waals surface area contributed by atoms with Crippen LogP contribution in [-0.4, -0.2) is 64.2 Å². The number of nitrogens with zero attached hydrogens (tertiary/aromatic N) is 2. The first-order chi connectivity index (χ1) is 14.3. The fourth-order valence-electron chi connectivity index (χ4n) is 3.00. The van der Waals surface area contributed by atoms with E-state index in [1.54, 1.807) is 41.3 Å². The molecule has 10 heteroatoms. The predicted octanol–water partition coefficient (Wildman–Crippen LogP) is 2.22. The van der Waals surface area contributed by atoms with E-state index in [-0.39, 0.29) is 11.6 Å². The van der Waals surface area contributed by atoms with E-state index in [1.165, 1.54) is 12.1 Å². The zero-order chi connectivity index (χ0) is 21.7. The highest BCUT2D eigenvalue weighted by Gasteiger charge is 2.23. The molecular weight excluding hydrogens is 430 g/mol. The summed E-state index contributed by atoms with van der Waals surface area (Å²) in [4.78, 5) is 26.7. The maximum Gasteiger partial charge on any atom is 0.254 e. The standard InChI is InChI=1S/C20H22ClN3O5S/c1-30(27,28)24(14-19(25)22-18-5-3-2-4-17(18)21)16-8-6-15(7-9-16)20(26)23-10-12-29-13-11-23/h2-9H,10-14H2,1H3,(H,22,25). The number of halogens is 1. The van der Waals surface area contributed by atoms with Gasteiger partial charge in [0.05, 0.1) is 35.9 Å². The van der Waals surface area contributed by atoms with Crippen LogP contribution in [0.25, 0.3) is 0 Å². The van der Waals surface area contributed by atoms with Gasteiger partial charge in [-0.1, -0.05) is 23.7 Å². The minimum Gasteiger partial charge on any atom is -0.378 e. The Morgan fingerprint density at radius 1 is 1.10 bits per heavy atom. The van der Waals surface area contributed by atoms with Gasteiger partial charge in [-0.05, 0) is 36.4 Å². The van der Waals surface area contributed by atoms with Gasteiger partial charge in [0, 0.05) is 18.7 Å². The molecule has 0 atom stereocenters. The molecule has 1 heterocycles. The number of amides is 2. The van der Waals surface area contributed by atoms with E-state index in [4.69, 9.17) is 16.3 Å². The average Bonchev–Trinajstić information content (AvgIpc) is 2.73. The fourth-order valence-corrected chi connectivity index (χ4v) is 4.04. The molecule has 0 radical (unpaired) electrons. The molecule has 1 saturated heterocycles. The highest BCUT2D eigenvalue weighted by atomic mass is 35.5. The van der Waals surface area contributed by atoms with Crippen molar-refractivity contribution in [1.29, 1.82) is 0 Å². The van der Waals surface area contributed by atoms with Crippen LogP contribution in [-0.2, 0) is 19.6 Å². The number of hydrogen-bond donors (Lipinski definition) is 1. The molecule has 0 bridgehead atoms. The smallest absolute Gasteiger partial charge is 0.254 e. The second-order valence-electron chi connectivity index (χ2n) is 6.75. The van der Waals surface area contributed by atoms with Gasteiger partial charge in [-0.15, -0.1) is 0 Å². The molecule has 30 heavy (non-hydrogen) atoms. The lowest BCUT2D eigenvalue weighted by Crippen LogP contribution is -2.40. The van der Waals surface area contributed by atoms with Crippen LogP contribution in [0.4, 0.5) is 11.4 Å². The number of hydrogen-bond acceptors (Lipinski definition) is 5. The number of nitrogens with one attached hydrogen (secondary N) is 1. The lowest BCUT2D eigenvalue weighted by molar-refractivity contribution is -0.114. The van der Waals surface area contributed by atoms with Gasteiger partial charge in [-0.25, -0.2) is 8.42 Å². The topological polar surface area (TPSA) is 96.0 Å². The lowest BCUT2D eigenvalue weighted by atomic mass is 10.1. The van der Waals surface area contributed by atoms with Crippen molar-refractivity contribution in [2.24, 2.45) is 0 Å². The minimum atomic E-state index is -3.74. The third-order valence-electron chi connectivity index (χ3n) is 4.54. The molecule has 8 nitrogen and oxygen atoms in total. The minimum absolute atomic E-state index is 0.146. The highest BCUT2D eigenvalue weighted by molar-refractivity contribution is 7.92. The molecule has 0 aromatic heterocycles. The van der Waals surface area contributed by atoms with Gasteiger partial charge in [0.2, 0.25) is 15.9 Å². The first-order valence-corrected chi connectivity index (χ1v) is 11.5. The molecule has 2 aromatic rings. The van der Waals surface area contributed by atoms with Crippen molar-refractivity contribution in [3.63, 3.8) is 0 Å². The number of benzene rings is 2. The van der Waals surface area contributed by atoms with Crippen LogP contribution >= 0.6 is 11.6 Å². The van der Waals surface area contributed by atoms with Crippen molar-refractivity contribution in [2.75, 3.05) is 48.7 Å². The normalized spacial score (nSPS) is 14.3. The maximum atomic E-state index is 12.6. The Balaban J connectivity index is 1.74. The van der Waals surface area contributed by atoms with Crippen LogP contribution in [0, 0.1) is 0 Å². The number of para-hydroxylation sites is 1. The van der Waals surface area contributed by atoms with E-state index in [0.717, 1.165) is 10.6 Å². The first-order valence-electron chi connectivity index (χ1n) is 9.25. The summed E-state index contributed by atoms with van der Waals surface area (Å²) in [5.74, 6) is -0.686. The first kappa shape index (κ1) is 22.1. The van der Waals surface area contributed by atoms with Crippen LogP contribution in [0.2, 0.25) is 5.02 Å². The number of ether oxygens (including phenoxy) is 1. The molecule has 1 N–H and O–H groups in total. The van der Waals surface area contributed by atoms with E-state index in [1.807, 2.05) is 0 Å². The fraction of sp³-hybridized carbons (Fsp3) is 0.300. The average molecular weight is 452 g/mol. The number of morpholine rings is 1. The summed E-state index contributed by atoms with van der Waals surface area (Å²) in [6.45, 7) is 1.58. The van der Waals surface area contributed by atoms with Gasteiger partial charge in [-0.3, -0.25) is 13.9 Å². The number of carbonyl (C=O) groups excluding carboxylic acids is 2. The zero-order valence-corrected chi connectivity index (χ0v) is 17.9. The van der Waals surface area contributed by atoms with Crippen molar-refractivity contribution in [2.45, 2.75) is 0 Å². The van der Waals surface area contributed by atoms with E-state index < -0.39 is 22.5 Å². The Hall–Kier alpha value is -2.62. The number of carbonyl (C=O) groups is 2. The second-order valence-corrected chi connectivity index (χ2v) is 9.06. The Morgan fingerprint density at radius 2 is 1.73 bits per heavy atom. The Labute approximate surface area is 180 Å². The predicted molar refractivity (Wildman–Crippen MR) is 115 cm³/mol. The zero-order valence-electron chi connectivity index (χ0n) is 16.4. The Morgan fingerprint density at radius 3 is 2.33 bits per heavy atom. The molecule has 2 amide bonds. The number of rotatable bonds is 6. The summed E-state index contributed by atoms with van der Waals surface area (Å²) in [7, 11) is -3.74. The maximum absolute atomic E-state index is 12.6. The molecule has 1 fully saturated rings. The summed E-state index contributed by atoms with van der Waals surface area (Å²) < 4.78 is 30.8. The number of anilines is 2. The van der Waals surface area contributed by atoms with Gasteiger partial charge >= 0.3 is 0 Å². The lowest BCUT2D eigenvalue weighted by Gasteiger charge is -2.27. The molecule has 0 aliphatic carbocycles. The van der Waals surface area contributed by atoms with Gasteiger partial charge in [0.15, 0.2) is 0 Å². The van der Waals surface area contributed by atoms with Gasteiger partial charge in [0.1, 0.15) is 6.54 Å².